The van der Waals surface area contributed by atoms with Crippen molar-refractivity contribution in [2.75, 3.05) is 12.3 Å². The third-order valence-corrected chi connectivity index (χ3v) is 2.99. The van der Waals surface area contributed by atoms with Gasteiger partial charge in [0, 0.05) is 22.3 Å². The molecule has 0 radical (unpaired) electrons. The standard InChI is InChI=1S/C12H15BrN2O3/c1-2-7(12(17)18)6-15-11(16)8-3-9(13)5-10(14)4-8/h3-5,7H,2,6,14H2,1H3,(H,15,16)(H,17,18). The Morgan fingerprint density at radius 2 is 2.11 bits per heavy atom. The zero-order valence-electron chi connectivity index (χ0n) is 9.94. The Morgan fingerprint density at radius 1 is 1.44 bits per heavy atom. The minimum atomic E-state index is -0.911. The molecule has 0 aromatic heterocycles. The summed E-state index contributed by atoms with van der Waals surface area (Å²) in [6.45, 7) is 1.87. The Balaban J connectivity index is 2.68. The maximum absolute atomic E-state index is 11.8. The monoisotopic (exact) mass is 314 g/mol. The minimum absolute atomic E-state index is 0.108. The van der Waals surface area contributed by atoms with Crippen molar-refractivity contribution in [1.82, 2.24) is 5.32 Å². The molecule has 0 aliphatic carbocycles. The van der Waals surface area contributed by atoms with Gasteiger partial charge in [-0.25, -0.2) is 0 Å². The van der Waals surface area contributed by atoms with Crippen LogP contribution in [0.15, 0.2) is 22.7 Å². The van der Waals surface area contributed by atoms with Gasteiger partial charge in [0.15, 0.2) is 0 Å². The number of nitrogens with one attached hydrogen (secondary N) is 1. The van der Waals surface area contributed by atoms with Crippen molar-refractivity contribution in [1.29, 1.82) is 0 Å². The smallest absolute Gasteiger partial charge is 0.308 e. The topological polar surface area (TPSA) is 92.4 Å². The van der Waals surface area contributed by atoms with Crippen LogP contribution in [0.25, 0.3) is 0 Å². The molecule has 5 nitrogen and oxygen atoms in total. The fourth-order valence-corrected chi connectivity index (χ4v) is 1.98. The van der Waals surface area contributed by atoms with Gasteiger partial charge in [-0.1, -0.05) is 22.9 Å². The fourth-order valence-electron chi connectivity index (χ4n) is 1.47. The largest absolute Gasteiger partial charge is 0.481 e. The fraction of sp³-hybridized carbons (Fsp3) is 0.333. The van der Waals surface area contributed by atoms with Gasteiger partial charge in [-0.3, -0.25) is 9.59 Å². The van der Waals surface area contributed by atoms with Crippen LogP contribution in [0, 0.1) is 5.92 Å². The SMILES string of the molecule is CCC(CNC(=O)c1cc(N)cc(Br)c1)C(=O)O. The van der Waals surface area contributed by atoms with Crippen molar-refractivity contribution in [3.63, 3.8) is 0 Å². The molecule has 0 fully saturated rings. The molecule has 0 saturated heterocycles. The summed E-state index contributed by atoms with van der Waals surface area (Å²) in [4.78, 5) is 22.6. The van der Waals surface area contributed by atoms with E-state index in [1.54, 1.807) is 25.1 Å². The molecule has 0 heterocycles. The van der Waals surface area contributed by atoms with Gasteiger partial charge in [-0.15, -0.1) is 0 Å². The molecule has 6 heteroatoms. The van der Waals surface area contributed by atoms with Gasteiger partial charge in [0.25, 0.3) is 5.91 Å². The molecule has 18 heavy (non-hydrogen) atoms. The first-order chi connectivity index (χ1) is 8.43. The van der Waals surface area contributed by atoms with Crippen LogP contribution in [0.2, 0.25) is 0 Å². The second kappa shape index (κ2) is 6.39. The predicted octanol–water partition coefficient (Wildman–Crippen LogP) is 1.87. The number of nitrogens with two attached hydrogens (primary N) is 1. The van der Waals surface area contributed by atoms with E-state index in [1.165, 1.54) is 0 Å². The number of anilines is 1. The molecule has 1 aromatic carbocycles. The first-order valence-corrected chi connectivity index (χ1v) is 6.30. The van der Waals surface area contributed by atoms with Crippen LogP contribution in [0.4, 0.5) is 5.69 Å². The highest BCUT2D eigenvalue weighted by atomic mass is 79.9. The number of carboxylic acids is 1. The normalized spacial score (nSPS) is 11.9. The number of rotatable bonds is 5. The number of carbonyl (C=O) groups excluding carboxylic acids is 1. The van der Waals surface area contributed by atoms with E-state index in [2.05, 4.69) is 21.2 Å². The molecule has 0 spiro atoms. The van der Waals surface area contributed by atoms with E-state index in [9.17, 15) is 9.59 Å². The molecule has 0 saturated carbocycles. The van der Waals surface area contributed by atoms with E-state index in [4.69, 9.17) is 10.8 Å². The van der Waals surface area contributed by atoms with Gasteiger partial charge < -0.3 is 16.2 Å². The van der Waals surface area contributed by atoms with E-state index >= 15 is 0 Å². The van der Waals surface area contributed by atoms with Gasteiger partial charge in [0.1, 0.15) is 0 Å². The number of nitrogen functional groups attached to an aromatic ring is 1. The van der Waals surface area contributed by atoms with Gasteiger partial charge in [-0.2, -0.15) is 0 Å². The summed E-state index contributed by atoms with van der Waals surface area (Å²) in [5.74, 6) is -1.81. The molecular formula is C12H15BrN2O3. The van der Waals surface area contributed by atoms with Crippen molar-refractivity contribution in [2.24, 2.45) is 5.92 Å². The Labute approximate surface area is 113 Å². The Bertz CT molecular complexity index is 442. The minimum Gasteiger partial charge on any atom is -0.481 e. The molecule has 4 N–H and O–H groups in total. The third kappa shape index (κ3) is 4.03. The number of hydrogen-bond acceptors (Lipinski definition) is 3. The number of carbonyl (C=O) groups is 2. The molecule has 0 aliphatic heterocycles. The first kappa shape index (κ1) is 14.5. The van der Waals surface area contributed by atoms with Gasteiger partial charge in [-0.05, 0) is 24.6 Å². The lowest BCUT2D eigenvalue weighted by Crippen LogP contribution is -2.32. The van der Waals surface area contributed by atoms with E-state index in [0.29, 0.717) is 22.1 Å². The summed E-state index contributed by atoms with van der Waals surface area (Å²) in [5, 5.41) is 11.5. The summed E-state index contributed by atoms with van der Waals surface area (Å²) in [7, 11) is 0. The van der Waals surface area contributed by atoms with Crippen LogP contribution < -0.4 is 11.1 Å². The zero-order chi connectivity index (χ0) is 13.7. The van der Waals surface area contributed by atoms with Crippen molar-refractivity contribution in [3.8, 4) is 0 Å². The average molecular weight is 315 g/mol. The first-order valence-electron chi connectivity index (χ1n) is 5.51. The Hall–Kier alpha value is -1.56. The highest BCUT2D eigenvalue weighted by Crippen LogP contribution is 2.17. The maximum Gasteiger partial charge on any atom is 0.308 e. The van der Waals surface area contributed by atoms with Crippen LogP contribution >= 0.6 is 15.9 Å². The molecule has 1 aromatic rings. The van der Waals surface area contributed by atoms with Crippen molar-refractivity contribution >= 4 is 33.5 Å². The lowest BCUT2D eigenvalue weighted by atomic mass is 10.1. The maximum atomic E-state index is 11.8. The Morgan fingerprint density at radius 3 is 2.61 bits per heavy atom. The van der Waals surface area contributed by atoms with Gasteiger partial charge >= 0.3 is 5.97 Å². The zero-order valence-corrected chi connectivity index (χ0v) is 11.5. The summed E-state index contributed by atoms with van der Waals surface area (Å²) in [5.41, 5.74) is 6.50. The number of hydrogen-bond donors (Lipinski definition) is 3. The second-order valence-corrected chi connectivity index (χ2v) is 4.84. The lowest BCUT2D eigenvalue weighted by molar-refractivity contribution is -0.141. The summed E-state index contributed by atoms with van der Waals surface area (Å²) < 4.78 is 0.706. The predicted molar refractivity (Wildman–Crippen MR) is 72.3 cm³/mol. The van der Waals surface area contributed by atoms with Crippen LogP contribution in [-0.2, 0) is 4.79 Å². The van der Waals surface area contributed by atoms with Gasteiger partial charge in [0.05, 0.1) is 5.92 Å². The molecule has 1 atom stereocenters. The number of carboxylic acid groups (broad SMARTS) is 1. The summed E-state index contributed by atoms with van der Waals surface area (Å²) >= 11 is 3.24. The molecule has 98 valence electrons. The Kier molecular flexibility index (Phi) is 5.15. The average Bonchev–Trinajstić information content (AvgIpc) is 2.27. The van der Waals surface area contributed by atoms with Crippen molar-refractivity contribution in [2.45, 2.75) is 13.3 Å². The number of benzene rings is 1. The second-order valence-electron chi connectivity index (χ2n) is 3.93. The van der Waals surface area contributed by atoms with Crippen LogP contribution in [0.3, 0.4) is 0 Å². The van der Waals surface area contributed by atoms with E-state index in [-0.39, 0.29) is 12.5 Å². The molecule has 0 aliphatic rings. The third-order valence-electron chi connectivity index (χ3n) is 2.53. The number of aliphatic carboxylic acids is 1. The highest BCUT2D eigenvalue weighted by Gasteiger charge is 2.16. The van der Waals surface area contributed by atoms with Crippen LogP contribution in [-0.4, -0.2) is 23.5 Å². The van der Waals surface area contributed by atoms with Gasteiger partial charge in [0.2, 0.25) is 0 Å². The molecule has 1 rings (SSSR count). The highest BCUT2D eigenvalue weighted by molar-refractivity contribution is 9.10. The van der Waals surface area contributed by atoms with E-state index < -0.39 is 11.9 Å². The molecule has 1 amide bonds. The molecular weight excluding hydrogens is 300 g/mol. The molecule has 1 unspecified atom stereocenters. The van der Waals surface area contributed by atoms with E-state index in [1.807, 2.05) is 0 Å². The number of amides is 1. The van der Waals surface area contributed by atoms with E-state index in [0.717, 1.165) is 0 Å². The summed E-state index contributed by atoms with van der Waals surface area (Å²) in [6.07, 6.45) is 0.468. The lowest BCUT2D eigenvalue weighted by Gasteiger charge is -2.11. The number of halogens is 1. The van der Waals surface area contributed by atoms with Crippen LogP contribution in [0.5, 0.6) is 0 Å². The molecule has 0 bridgehead atoms. The quantitative estimate of drug-likeness (QED) is 0.723. The summed E-state index contributed by atoms with van der Waals surface area (Å²) in [6, 6.07) is 4.86. The van der Waals surface area contributed by atoms with Crippen molar-refractivity contribution in [3.05, 3.63) is 28.2 Å². The van der Waals surface area contributed by atoms with Crippen molar-refractivity contribution < 1.29 is 14.7 Å². The van der Waals surface area contributed by atoms with Crippen LogP contribution in [0.1, 0.15) is 23.7 Å².